The molecule has 4 nitrogen and oxygen atoms in total. The lowest BCUT2D eigenvalue weighted by Gasteiger charge is -2.31. The van der Waals surface area contributed by atoms with Crippen molar-refractivity contribution in [1.82, 2.24) is 5.32 Å². The maximum atomic E-state index is 13.0. The van der Waals surface area contributed by atoms with Crippen LogP contribution in [0.1, 0.15) is 33.6 Å². The molecule has 1 saturated heterocycles. The fourth-order valence-corrected chi connectivity index (χ4v) is 2.39. The number of anilines is 1. The first kappa shape index (κ1) is 16.2. The number of hydrogen-bond acceptors (Lipinski definition) is 2. The number of amides is 2. The molecule has 1 atom stereocenters. The van der Waals surface area contributed by atoms with E-state index >= 15 is 0 Å². The molecule has 5 heteroatoms. The van der Waals surface area contributed by atoms with Crippen molar-refractivity contribution in [2.24, 2.45) is 5.92 Å². The lowest BCUT2D eigenvalue weighted by atomic mass is 9.95. The third kappa shape index (κ3) is 3.53. The SMILES string of the molecule is CC(C)=C(C)NC(=O)C1CCCN(c2ccc(F)cc2)C1=O. The molecule has 1 aromatic carbocycles. The number of piperidine rings is 1. The summed E-state index contributed by atoms with van der Waals surface area (Å²) in [7, 11) is 0. The molecule has 0 aromatic heterocycles. The predicted molar refractivity (Wildman–Crippen MR) is 83.7 cm³/mol. The van der Waals surface area contributed by atoms with Gasteiger partial charge in [-0.2, -0.15) is 0 Å². The van der Waals surface area contributed by atoms with Crippen LogP contribution in [0.25, 0.3) is 0 Å². The molecule has 0 aliphatic carbocycles. The largest absolute Gasteiger partial charge is 0.329 e. The van der Waals surface area contributed by atoms with Crippen LogP contribution in [0.5, 0.6) is 0 Å². The number of nitrogens with one attached hydrogen (secondary N) is 1. The summed E-state index contributed by atoms with van der Waals surface area (Å²) in [5.74, 6) is -1.53. The Kier molecular flexibility index (Phi) is 4.96. The molecule has 118 valence electrons. The van der Waals surface area contributed by atoms with E-state index in [0.717, 1.165) is 17.7 Å². The van der Waals surface area contributed by atoms with E-state index in [1.165, 1.54) is 12.1 Å². The minimum atomic E-state index is -0.687. The van der Waals surface area contributed by atoms with E-state index in [1.807, 2.05) is 20.8 Å². The van der Waals surface area contributed by atoms with Gasteiger partial charge in [0.05, 0.1) is 0 Å². The second-order valence-corrected chi connectivity index (χ2v) is 5.78. The zero-order chi connectivity index (χ0) is 16.3. The third-order valence-electron chi connectivity index (χ3n) is 3.95. The molecule has 1 heterocycles. The Morgan fingerprint density at radius 2 is 1.86 bits per heavy atom. The first-order chi connectivity index (χ1) is 10.4. The maximum Gasteiger partial charge on any atom is 0.239 e. The summed E-state index contributed by atoms with van der Waals surface area (Å²) in [5.41, 5.74) is 2.41. The Balaban J connectivity index is 2.15. The fraction of sp³-hybridized carbons (Fsp3) is 0.412. The van der Waals surface area contributed by atoms with Crippen LogP contribution in [-0.4, -0.2) is 18.4 Å². The Morgan fingerprint density at radius 3 is 2.45 bits per heavy atom. The monoisotopic (exact) mass is 304 g/mol. The quantitative estimate of drug-likeness (QED) is 0.873. The molecule has 22 heavy (non-hydrogen) atoms. The molecule has 1 aliphatic heterocycles. The van der Waals surface area contributed by atoms with E-state index in [4.69, 9.17) is 0 Å². The van der Waals surface area contributed by atoms with Crippen molar-refractivity contribution in [2.45, 2.75) is 33.6 Å². The van der Waals surface area contributed by atoms with E-state index in [0.29, 0.717) is 18.7 Å². The molecule has 0 bridgehead atoms. The van der Waals surface area contributed by atoms with E-state index in [1.54, 1.807) is 17.0 Å². The van der Waals surface area contributed by atoms with Gasteiger partial charge >= 0.3 is 0 Å². The van der Waals surface area contributed by atoms with Crippen molar-refractivity contribution in [3.05, 3.63) is 41.4 Å². The number of nitrogens with zero attached hydrogens (tertiary/aromatic N) is 1. The van der Waals surface area contributed by atoms with Gasteiger partial charge in [-0.25, -0.2) is 4.39 Å². The molecular formula is C17H21FN2O2. The van der Waals surface area contributed by atoms with Crippen LogP contribution in [0.4, 0.5) is 10.1 Å². The van der Waals surface area contributed by atoms with Crippen LogP contribution in [-0.2, 0) is 9.59 Å². The zero-order valence-electron chi connectivity index (χ0n) is 13.1. The predicted octanol–water partition coefficient (Wildman–Crippen LogP) is 3.00. The van der Waals surface area contributed by atoms with Crippen molar-refractivity contribution in [2.75, 3.05) is 11.4 Å². The second-order valence-electron chi connectivity index (χ2n) is 5.78. The van der Waals surface area contributed by atoms with Crippen LogP contribution in [0.15, 0.2) is 35.5 Å². The van der Waals surface area contributed by atoms with Crippen LogP contribution in [0.3, 0.4) is 0 Å². The standard InChI is InChI=1S/C17H21FN2O2/c1-11(2)12(3)19-16(21)15-5-4-10-20(17(15)22)14-8-6-13(18)7-9-14/h6-9,15H,4-5,10H2,1-3H3,(H,19,21). The first-order valence-electron chi connectivity index (χ1n) is 7.42. The van der Waals surface area contributed by atoms with Gasteiger partial charge < -0.3 is 10.2 Å². The highest BCUT2D eigenvalue weighted by atomic mass is 19.1. The summed E-state index contributed by atoms with van der Waals surface area (Å²) in [6.07, 6.45) is 1.29. The molecule has 0 radical (unpaired) electrons. The van der Waals surface area contributed by atoms with Gasteiger partial charge in [0.2, 0.25) is 11.8 Å². The Bertz CT molecular complexity index is 604. The average molecular weight is 304 g/mol. The van der Waals surface area contributed by atoms with Crippen LogP contribution < -0.4 is 10.2 Å². The number of rotatable bonds is 3. The van der Waals surface area contributed by atoms with Crippen molar-refractivity contribution in [1.29, 1.82) is 0 Å². The molecule has 1 unspecified atom stereocenters. The average Bonchev–Trinajstić information content (AvgIpc) is 2.48. The van der Waals surface area contributed by atoms with E-state index in [-0.39, 0.29) is 17.6 Å². The van der Waals surface area contributed by atoms with Gasteiger partial charge in [0.15, 0.2) is 0 Å². The molecule has 1 N–H and O–H groups in total. The van der Waals surface area contributed by atoms with Crippen molar-refractivity contribution in [3.63, 3.8) is 0 Å². The van der Waals surface area contributed by atoms with Gasteiger partial charge in [-0.1, -0.05) is 5.57 Å². The highest BCUT2D eigenvalue weighted by Crippen LogP contribution is 2.25. The van der Waals surface area contributed by atoms with E-state index < -0.39 is 5.92 Å². The summed E-state index contributed by atoms with van der Waals surface area (Å²) < 4.78 is 13.0. The maximum absolute atomic E-state index is 13.0. The van der Waals surface area contributed by atoms with Crippen molar-refractivity contribution >= 4 is 17.5 Å². The second kappa shape index (κ2) is 6.73. The lowest BCUT2D eigenvalue weighted by molar-refractivity contribution is -0.134. The van der Waals surface area contributed by atoms with Crippen molar-refractivity contribution < 1.29 is 14.0 Å². The summed E-state index contributed by atoms with van der Waals surface area (Å²) >= 11 is 0. The first-order valence-corrected chi connectivity index (χ1v) is 7.42. The molecule has 1 aliphatic rings. The number of allylic oxidation sites excluding steroid dienone is 2. The number of carbonyl (C=O) groups excluding carboxylic acids is 2. The normalized spacial score (nSPS) is 18.1. The smallest absolute Gasteiger partial charge is 0.239 e. The minimum absolute atomic E-state index is 0.225. The van der Waals surface area contributed by atoms with E-state index in [2.05, 4.69) is 5.32 Å². The topological polar surface area (TPSA) is 49.4 Å². The van der Waals surface area contributed by atoms with Gasteiger partial charge in [0.25, 0.3) is 0 Å². The lowest BCUT2D eigenvalue weighted by Crippen LogP contribution is -2.47. The van der Waals surface area contributed by atoms with Crippen LogP contribution in [0, 0.1) is 11.7 Å². The van der Waals surface area contributed by atoms with Gasteiger partial charge in [0.1, 0.15) is 11.7 Å². The molecular weight excluding hydrogens is 283 g/mol. The highest BCUT2D eigenvalue weighted by molar-refractivity contribution is 6.08. The minimum Gasteiger partial charge on any atom is -0.329 e. The third-order valence-corrected chi connectivity index (χ3v) is 3.95. The number of hydrogen-bond donors (Lipinski definition) is 1. The zero-order valence-corrected chi connectivity index (χ0v) is 13.1. The number of benzene rings is 1. The molecule has 2 amide bonds. The van der Waals surface area contributed by atoms with Gasteiger partial charge in [-0.05, 0) is 57.9 Å². The molecule has 1 fully saturated rings. The summed E-state index contributed by atoms with van der Waals surface area (Å²) in [4.78, 5) is 26.4. The fourth-order valence-electron chi connectivity index (χ4n) is 2.39. The van der Waals surface area contributed by atoms with Crippen molar-refractivity contribution in [3.8, 4) is 0 Å². The summed E-state index contributed by atoms with van der Waals surface area (Å²) in [6.45, 7) is 6.18. The van der Waals surface area contributed by atoms with Gasteiger partial charge in [0, 0.05) is 17.9 Å². The number of halogens is 1. The molecule has 0 spiro atoms. The highest BCUT2D eigenvalue weighted by Gasteiger charge is 2.34. The molecule has 1 aromatic rings. The number of carbonyl (C=O) groups is 2. The summed E-state index contributed by atoms with van der Waals surface area (Å²) in [5, 5.41) is 2.79. The van der Waals surface area contributed by atoms with E-state index in [9.17, 15) is 14.0 Å². The van der Waals surface area contributed by atoms with Gasteiger partial charge in [-0.15, -0.1) is 0 Å². The van der Waals surface area contributed by atoms with Gasteiger partial charge in [-0.3, -0.25) is 9.59 Å². The Labute approximate surface area is 130 Å². The summed E-state index contributed by atoms with van der Waals surface area (Å²) in [6, 6.07) is 5.77. The molecule has 2 rings (SSSR count). The van der Waals surface area contributed by atoms with Crippen LogP contribution >= 0.6 is 0 Å². The van der Waals surface area contributed by atoms with Crippen LogP contribution in [0.2, 0.25) is 0 Å². The molecule has 0 saturated carbocycles. The Morgan fingerprint density at radius 1 is 1.23 bits per heavy atom. The Hall–Kier alpha value is -2.17.